The van der Waals surface area contributed by atoms with E-state index in [9.17, 15) is 57.8 Å². The zero-order valence-electron chi connectivity index (χ0n) is 42.4. The lowest BCUT2D eigenvalue weighted by Crippen LogP contribution is -2.32. The third-order valence-corrected chi connectivity index (χ3v) is 12.1. The van der Waals surface area contributed by atoms with Crippen LogP contribution < -0.4 is 19.7 Å². The summed E-state index contributed by atoms with van der Waals surface area (Å²) in [6.07, 6.45) is -13.3. The maximum absolute atomic E-state index is 14.1. The topological polar surface area (TPSA) is 109 Å². The molecule has 0 bridgehead atoms. The van der Waals surface area contributed by atoms with Gasteiger partial charge in [0.15, 0.2) is 0 Å². The second kappa shape index (κ2) is 34.1. The number of halogens is 14. The molecule has 0 aliphatic heterocycles. The van der Waals surface area contributed by atoms with E-state index in [0.717, 1.165) is 42.5 Å². The van der Waals surface area contributed by atoms with Crippen LogP contribution in [0.2, 0.25) is 5.02 Å². The van der Waals surface area contributed by atoms with Gasteiger partial charge in [-0.15, -0.1) is 11.6 Å². The lowest BCUT2D eigenvalue weighted by Gasteiger charge is -2.17. The molecule has 0 saturated carbocycles. The number of benzene rings is 6. The average Bonchev–Trinajstić information content (AvgIpc) is 3.35. The summed E-state index contributed by atoms with van der Waals surface area (Å²) in [7, 11) is 2.45. The Morgan fingerprint density at radius 3 is 1.06 bits per heavy atom. The minimum Gasteiger partial charge on any atom is -0.497 e. The van der Waals surface area contributed by atoms with E-state index >= 15 is 0 Å². The van der Waals surface area contributed by atoms with Crippen LogP contribution in [-0.2, 0) is 37.6 Å². The van der Waals surface area contributed by atoms with E-state index in [1.54, 1.807) is 12.1 Å². The van der Waals surface area contributed by atoms with Crippen LogP contribution in [0.25, 0.3) is 22.3 Å². The maximum Gasteiger partial charge on any atom is 0.492 e. The fourth-order valence-electron chi connectivity index (χ4n) is 7.38. The van der Waals surface area contributed by atoms with Crippen molar-refractivity contribution in [3.05, 3.63) is 164 Å². The van der Waals surface area contributed by atoms with Gasteiger partial charge >= 0.3 is 25.6 Å². The van der Waals surface area contributed by atoms with Crippen molar-refractivity contribution in [2.75, 3.05) is 21.3 Å². The molecule has 0 aliphatic carbocycles. The molecule has 0 fully saturated rings. The van der Waals surface area contributed by atoms with E-state index in [0.29, 0.717) is 44.5 Å². The molecule has 0 heterocycles. The normalized spacial score (nSPS) is 10.9. The molecular formula is C59H75BCl2F12O7. The second-order valence-corrected chi connectivity index (χ2v) is 18.3. The quantitative estimate of drug-likeness (QED) is 0.0549. The van der Waals surface area contributed by atoms with Crippen LogP contribution in [-0.4, -0.2) is 48.7 Å². The summed E-state index contributed by atoms with van der Waals surface area (Å²) in [5.74, 6) is -0.962. The number of aliphatic hydroxyl groups excluding tert-OH is 2. The Balaban J connectivity index is -0.00000101. The molecule has 22 heteroatoms. The number of ether oxygens (including phenoxy) is 3. The molecule has 6 aromatic rings. The summed E-state index contributed by atoms with van der Waals surface area (Å²) >= 11 is 11.4. The van der Waals surface area contributed by atoms with Gasteiger partial charge in [0.05, 0.1) is 51.2 Å². The molecule has 7 nitrogen and oxygen atoms in total. The average molecular weight is 1210 g/mol. The van der Waals surface area contributed by atoms with E-state index in [1.807, 2.05) is 41.5 Å². The molecular weight excluding hydrogens is 1130 g/mol. The Morgan fingerprint density at radius 2 is 0.753 bits per heavy atom. The van der Waals surface area contributed by atoms with Crippen molar-refractivity contribution < 1.29 is 87.2 Å². The Morgan fingerprint density at radius 1 is 0.444 bits per heavy atom. The molecule has 6 rings (SSSR count). The van der Waals surface area contributed by atoms with Crippen molar-refractivity contribution in [2.24, 2.45) is 0 Å². The van der Waals surface area contributed by atoms with Crippen LogP contribution in [0, 0.1) is 17.5 Å². The molecule has 6 aromatic carbocycles. The SMILES string of the molecule is C.C.C.C.C.COc1cc(F)c(C(C)C)cc1-c1ccc(C(F)(F)F)cc1CCl.COc1cc(F)c(C(C)C)cc1-c1ccc(C(F)(F)F)cc1CO.COc1cc(F)c(C(C)C)cc1B(O)O.OCc1cc(C(F)(F)F)ccc1Cl. The van der Waals surface area contributed by atoms with Gasteiger partial charge < -0.3 is 34.5 Å². The zero-order valence-corrected chi connectivity index (χ0v) is 43.9. The summed E-state index contributed by atoms with van der Waals surface area (Å²) in [5.41, 5.74) is 1.43. The molecule has 0 aliphatic rings. The molecule has 0 amide bonds. The van der Waals surface area contributed by atoms with Crippen LogP contribution in [0.5, 0.6) is 17.2 Å². The summed E-state index contributed by atoms with van der Waals surface area (Å²) in [4.78, 5) is 0. The van der Waals surface area contributed by atoms with Crippen molar-refractivity contribution in [1.82, 2.24) is 0 Å². The highest BCUT2D eigenvalue weighted by atomic mass is 35.5. The van der Waals surface area contributed by atoms with Crippen LogP contribution in [0.3, 0.4) is 0 Å². The Bertz CT molecular complexity index is 2770. The van der Waals surface area contributed by atoms with Crippen molar-refractivity contribution in [2.45, 2.75) is 134 Å². The molecule has 0 spiro atoms. The second-order valence-electron chi connectivity index (χ2n) is 17.6. The Hall–Kier alpha value is -5.64. The maximum atomic E-state index is 14.1. The van der Waals surface area contributed by atoms with Crippen molar-refractivity contribution in [1.29, 1.82) is 0 Å². The highest BCUT2D eigenvalue weighted by molar-refractivity contribution is 6.59. The Kier molecular flexibility index (Phi) is 33.5. The fourth-order valence-corrected chi connectivity index (χ4v) is 7.78. The van der Waals surface area contributed by atoms with Crippen molar-refractivity contribution in [3.63, 3.8) is 0 Å². The molecule has 0 radical (unpaired) electrons. The van der Waals surface area contributed by atoms with E-state index in [4.69, 9.17) is 52.6 Å². The van der Waals surface area contributed by atoms with Gasteiger partial charge in [-0.05, 0) is 117 Å². The summed E-state index contributed by atoms with van der Waals surface area (Å²) < 4.78 is 171. The van der Waals surface area contributed by atoms with Gasteiger partial charge in [-0.25, -0.2) is 13.2 Å². The van der Waals surface area contributed by atoms with Gasteiger partial charge in [0.1, 0.15) is 34.7 Å². The van der Waals surface area contributed by atoms with E-state index in [2.05, 4.69) is 0 Å². The Labute approximate surface area is 479 Å². The molecule has 81 heavy (non-hydrogen) atoms. The van der Waals surface area contributed by atoms with Crippen LogP contribution >= 0.6 is 23.2 Å². The molecule has 454 valence electrons. The minimum atomic E-state index is -4.50. The van der Waals surface area contributed by atoms with E-state index in [1.165, 1.54) is 57.7 Å². The predicted octanol–water partition coefficient (Wildman–Crippen LogP) is 18.2. The van der Waals surface area contributed by atoms with Crippen LogP contribution in [0.4, 0.5) is 52.7 Å². The molecule has 0 aromatic heterocycles. The smallest absolute Gasteiger partial charge is 0.492 e. The highest BCUT2D eigenvalue weighted by Crippen LogP contribution is 2.42. The number of aliphatic hydroxyl groups is 2. The van der Waals surface area contributed by atoms with E-state index in [-0.39, 0.29) is 99.6 Å². The predicted molar refractivity (Wildman–Crippen MR) is 303 cm³/mol. The standard InChI is InChI=1S/C18H17ClF4O.C18H18F4O2.C10H14BFO3.C8H6ClF3O.5CH4/c1-10(2)14-7-15(17(24-3)8-16(14)20)13-5-4-12(18(21,22)23)6-11(13)9-19;1-10(2)14-7-15(17(24-3)8-16(14)19)13-5-4-12(18(20,21)22)6-11(13)9-23;1-6(2)7-4-8(11(13)14)10(15-3)5-9(7)12;9-7-2-1-6(8(10,11)12)3-5(7)4-13;;;;;/h4-8,10H,9H2,1-3H3;4-8,10,23H,9H2,1-3H3;4-6,13-14H,1-3H3;1-3,13H,4H2;5*1H4. The van der Waals surface area contributed by atoms with Crippen molar-refractivity contribution in [3.8, 4) is 39.5 Å². The van der Waals surface area contributed by atoms with Gasteiger partial charge in [-0.3, -0.25) is 0 Å². The number of rotatable bonds is 12. The zero-order chi connectivity index (χ0) is 57.8. The van der Waals surface area contributed by atoms with Crippen LogP contribution in [0.15, 0.2) is 91.0 Å². The first kappa shape index (κ1) is 79.6. The van der Waals surface area contributed by atoms with Crippen molar-refractivity contribution >= 4 is 35.8 Å². The summed E-state index contributed by atoms with van der Waals surface area (Å²) in [5, 5.41) is 36.4. The number of methoxy groups -OCH3 is 3. The van der Waals surface area contributed by atoms with Gasteiger partial charge in [0.25, 0.3) is 0 Å². The fraction of sp³-hybridized carbons (Fsp3) is 0.390. The molecule has 0 saturated heterocycles. The summed E-state index contributed by atoms with van der Waals surface area (Å²) in [6, 6.07) is 17.5. The third-order valence-electron chi connectivity index (χ3n) is 11.4. The first-order valence-corrected chi connectivity index (χ1v) is 23.7. The van der Waals surface area contributed by atoms with Gasteiger partial charge in [0, 0.05) is 45.7 Å². The van der Waals surface area contributed by atoms with Gasteiger partial charge in [-0.2, -0.15) is 39.5 Å². The molecule has 0 unspecified atom stereocenters. The first-order valence-electron chi connectivity index (χ1n) is 22.8. The summed E-state index contributed by atoms with van der Waals surface area (Å²) in [6.45, 7) is 9.90. The number of alkyl halides is 10. The van der Waals surface area contributed by atoms with Crippen LogP contribution in [0.1, 0.15) is 147 Å². The van der Waals surface area contributed by atoms with Gasteiger partial charge in [-0.1, -0.05) is 108 Å². The largest absolute Gasteiger partial charge is 0.497 e. The monoisotopic (exact) mass is 1200 g/mol. The highest BCUT2D eigenvalue weighted by Gasteiger charge is 2.33. The molecule has 0 atom stereocenters. The lowest BCUT2D eigenvalue weighted by atomic mass is 9.77. The first-order chi connectivity index (χ1) is 35.3. The molecule has 4 N–H and O–H groups in total. The number of hydrogen-bond acceptors (Lipinski definition) is 7. The minimum absolute atomic E-state index is 0. The van der Waals surface area contributed by atoms with E-state index < -0.39 is 73.0 Å². The lowest BCUT2D eigenvalue weighted by molar-refractivity contribution is -0.138. The number of hydrogen-bond donors (Lipinski definition) is 4. The third kappa shape index (κ3) is 21.3. The van der Waals surface area contributed by atoms with Gasteiger partial charge in [0.2, 0.25) is 0 Å².